The Balaban J connectivity index is 1.78. The smallest absolute Gasteiger partial charge is 0.306 e. The molecule has 0 amide bonds. The van der Waals surface area contributed by atoms with Crippen molar-refractivity contribution in [2.24, 2.45) is 23.7 Å². The minimum atomic E-state index is -0.629. The minimum Gasteiger partial charge on any atom is -0.481 e. The van der Waals surface area contributed by atoms with Crippen LogP contribution in [0.3, 0.4) is 0 Å². The number of carbonyl (C=O) groups is 1. The van der Waals surface area contributed by atoms with Crippen molar-refractivity contribution >= 4 is 5.97 Å². The summed E-state index contributed by atoms with van der Waals surface area (Å²) in [5.74, 6) is 1.97. The Morgan fingerprint density at radius 3 is 2.47 bits per heavy atom. The maximum absolute atomic E-state index is 10.7. The maximum Gasteiger partial charge on any atom is 0.306 e. The van der Waals surface area contributed by atoms with Gasteiger partial charge >= 0.3 is 5.97 Å². The number of hydrogen-bond acceptors (Lipinski definition) is 1. The molecule has 0 aromatic carbocycles. The van der Waals surface area contributed by atoms with E-state index in [9.17, 15) is 4.79 Å². The van der Waals surface area contributed by atoms with Crippen LogP contribution in [0.5, 0.6) is 0 Å². The van der Waals surface area contributed by atoms with E-state index in [-0.39, 0.29) is 5.92 Å². The van der Waals surface area contributed by atoms with Gasteiger partial charge in [0.15, 0.2) is 0 Å². The molecule has 3 rings (SSSR count). The van der Waals surface area contributed by atoms with Crippen LogP contribution in [-0.2, 0) is 4.79 Å². The highest BCUT2D eigenvalue weighted by atomic mass is 16.4. The van der Waals surface area contributed by atoms with Gasteiger partial charge in [0.05, 0.1) is 5.92 Å². The molecule has 0 radical (unpaired) electrons. The Morgan fingerprint density at radius 2 is 2.00 bits per heavy atom. The molecule has 1 N–H and O–H groups in total. The fourth-order valence-electron chi connectivity index (χ4n) is 3.46. The average Bonchev–Trinajstić information content (AvgIpc) is 2.27. The standard InChI is InChI=1S/C13H22O2/c1-9(13(14)15)2-5-12-8-10-3-6-11(12)7-4-10/h9-12H,2-8H2,1H3,(H,14,15)/t9-,10?,11?,12?/m1/s1. The number of aliphatic carboxylic acids is 1. The summed E-state index contributed by atoms with van der Waals surface area (Å²) in [5.41, 5.74) is 0. The molecule has 2 atom stereocenters. The van der Waals surface area contributed by atoms with E-state index in [0.717, 1.165) is 30.6 Å². The molecule has 0 heterocycles. The molecule has 2 nitrogen and oxygen atoms in total. The molecule has 2 bridgehead atoms. The molecular formula is C13H22O2. The van der Waals surface area contributed by atoms with E-state index in [2.05, 4.69) is 0 Å². The first-order valence-electron chi connectivity index (χ1n) is 6.39. The van der Waals surface area contributed by atoms with Crippen LogP contribution in [0.25, 0.3) is 0 Å². The molecule has 0 spiro atoms. The highest BCUT2D eigenvalue weighted by Gasteiger charge is 2.35. The third-order valence-electron chi connectivity index (χ3n) is 4.59. The average molecular weight is 210 g/mol. The van der Waals surface area contributed by atoms with Gasteiger partial charge in [0.25, 0.3) is 0 Å². The van der Waals surface area contributed by atoms with Crippen molar-refractivity contribution < 1.29 is 9.90 Å². The molecule has 3 aliphatic rings. The van der Waals surface area contributed by atoms with Crippen molar-refractivity contribution in [2.45, 2.75) is 51.9 Å². The molecule has 3 aliphatic carbocycles. The van der Waals surface area contributed by atoms with Gasteiger partial charge in [-0.15, -0.1) is 0 Å². The SMILES string of the molecule is C[C@H](CCC1CC2CCC1CC2)C(=O)O. The van der Waals surface area contributed by atoms with Gasteiger partial charge in [-0.3, -0.25) is 4.79 Å². The molecule has 86 valence electrons. The number of rotatable bonds is 4. The van der Waals surface area contributed by atoms with Crippen LogP contribution < -0.4 is 0 Å². The first kappa shape index (κ1) is 11.0. The summed E-state index contributed by atoms with van der Waals surface area (Å²) in [5, 5.41) is 8.84. The monoisotopic (exact) mass is 210 g/mol. The van der Waals surface area contributed by atoms with Gasteiger partial charge < -0.3 is 5.11 Å². The first-order chi connectivity index (χ1) is 7.16. The van der Waals surface area contributed by atoms with E-state index in [4.69, 9.17) is 5.11 Å². The largest absolute Gasteiger partial charge is 0.481 e. The van der Waals surface area contributed by atoms with Crippen molar-refractivity contribution in [3.8, 4) is 0 Å². The highest BCUT2D eigenvalue weighted by molar-refractivity contribution is 5.69. The van der Waals surface area contributed by atoms with Crippen molar-refractivity contribution in [2.75, 3.05) is 0 Å². The molecule has 15 heavy (non-hydrogen) atoms. The predicted octanol–water partition coefficient (Wildman–Crippen LogP) is 3.31. The normalized spacial score (nSPS) is 36.5. The molecule has 0 aliphatic heterocycles. The van der Waals surface area contributed by atoms with Gasteiger partial charge in [0.2, 0.25) is 0 Å². The zero-order valence-electron chi connectivity index (χ0n) is 9.61. The van der Waals surface area contributed by atoms with E-state index in [1.807, 2.05) is 6.92 Å². The Morgan fingerprint density at radius 1 is 1.33 bits per heavy atom. The fraction of sp³-hybridized carbons (Fsp3) is 0.923. The third-order valence-corrected chi connectivity index (χ3v) is 4.59. The van der Waals surface area contributed by atoms with Gasteiger partial charge in [0.1, 0.15) is 0 Å². The lowest BCUT2D eigenvalue weighted by Crippen LogP contribution is -2.31. The van der Waals surface area contributed by atoms with Crippen LogP contribution in [-0.4, -0.2) is 11.1 Å². The predicted molar refractivity (Wildman–Crippen MR) is 59.6 cm³/mol. The van der Waals surface area contributed by atoms with Crippen LogP contribution in [0.1, 0.15) is 51.9 Å². The minimum absolute atomic E-state index is 0.148. The molecule has 2 heteroatoms. The molecule has 0 aromatic rings. The van der Waals surface area contributed by atoms with Gasteiger partial charge in [-0.25, -0.2) is 0 Å². The highest BCUT2D eigenvalue weighted by Crippen LogP contribution is 2.46. The van der Waals surface area contributed by atoms with Crippen LogP contribution in [0, 0.1) is 23.7 Å². The Kier molecular flexibility index (Phi) is 3.32. The Labute approximate surface area is 92.1 Å². The van der Waals surface area contributed by atoms with Crippen molar-refractivity contribution in [1.29, 1.82) is 0 Å². The lowest BCUT2D eigenvalue weighted by molar-refractivity contribution is -0.141. The van der Waals surface area contributed by atoms with E-state index >= 15 is 0 Å². The number of carboxylic acid groups (broad SMARTS) is 1. The van der Waals surface area contributed by atoms with E-state index in [1.165, 1.54) is 32.1 Å². The number of hydrogen-bond donors (Lipinski definition) is 1. The third kappa shape index (κ3) is 2.53. The zero-order chi connectivity index (χ0) is 10.8. The quantitative estimate of drug-likeness (QED) is 0.773. The fourth-order valence-corrected chi connectivity index (χ4v) is 3.46. The lowest BCUT2D eigenvalue weighted by Gasteiger charge is -2.42. The van der Waals surface area contributed by atoms with Crippen LogP contribution in [0.15, 0.2) is 0 Å². The van der Waals surface area contributed by atoms with Gasteiger partial charge in [0, 0.05) is 0 Å². The number of fused-ring (bicyclic) bond motifs is 3. The zero-order valence-corrected chi connectivity index (χ0v) is 9.61. The summed E-state index contributed by atoms with van der Waals surface area (Å²) >= 11 is 0. The van der Waals surface area contributed by atoms with Gasteiger partial charge in [-0.2, -0.15) is 0 Å². The van der Waals surface area contributed by atoms with Crippen LogP contribution in [0.4, 0.5) is 0 Å². The summed E-state index contributed by atoms with van der Waals surface area (Å²) in [6.45, 7) is 1.84. The number of carboxylic acids is 1. The molecule has 0 aromatic heterocycles. The van der Waals surface area contributed by atoms with E-state index < -0.39 is 5.97 Å². The Hall–Kier alpha value is -0.530. The van der Waals surface area contributed by atoms with Crippen molar-refractivity contribution in [3.05, 3.63) is 0 Å². The summed E-state index contributed by atoms with van der Waals surface area (Å²) in [4.78, 5) is 10.7. The Bertz CT molecular complexity index is 229. The molecular weight excluding hydrogens is 188 g/mol. The van der Waals surface area contributed by atoms with E-state index in [1.54, 1.807) is 0 Å². The molecule has 3 fully saturated rings. The van der Waals surface area contributed by atoms with E-state index in [0.29, 0.717) is 0 Å². The summed E-state index contributed by atoms with van der Waals surface area (Å²) < 4.78 is 0. The maximum atomic E-state index is 10.7. The van der Waals surface area contributed by atoms with Crippen LogP contribution in [0.2, 0.25) is 0 Å². The second-order valence-corrected chi connectivity index (χ2v) is 5.59. The first-order valence-corrected chi connectivity index (χ1v) is 6.39. The summed E-state index contributed by atoms with van der Waals surface area (Å²) in [6, 6.07) is 0. The molecule has 3 saturated carbocycles. The van der Waals surface area contributed by atoms with Gasteiger partial charge in [-0.05, 0) is 49.9 Å². The summed E-state index contributed by atoms with van der Waals surface area (Å²) in [6.07, 6.45) is 9.12. The van der Waals surface area contributed by atoms with Crippen molar-refractivity contribution in [3.63, 3.8) is 0 Å². The van der Waals surface area contributed by atoms with Crippen LogP contribution >= 0.6 is 0 Å². The second kappa shape index (κ2) is 4.54. The lowest BCUT2D eigenvalue weighted by atomic mass is 9.63. The van der Waals surface area contributed by atoms with Crippen molar-refractivity contribution in [1.82, 2.24) is 0 Å². The second-order valence-electron chi connectivity index (χ2n) is 5.59. The topological polar surface area (TPSA) is 37.3 Å². The summed E-state index contributed by atoms with van der Waals surface area (Å²) in [7, 11) is 0. The molecule has 1 unspecified atom stereocenters. The van der Waals surface area contributed by atoms with Gasteiger partial charge in [-0.1, -0.05) is 19.8 Å². The molecule has 0 saturated heterocycles.